The fraction of sp³-hybridized carbons (Fsp3) is 0.273. The van der Waals surface area contributed by atoms with Gasteiger partial charge in [-0.3, -0.25) is 0 Å². The first kappa shape index (κ1) is 10.3. The van der Waals surface area contributed by atoms with Crippen molar-refractivity contribution in [3.8, 4) is 0 Å². The van der Waals surface area contributed by atoms with Crippen LogP contribution in [0.25, 0.3) is 6.08 Å². The standard InChI is InChI=1S/C11H14ClN/c1-8-6-9(2)11(12)10(7-8)4-3-5-13/h3-4,6-7H,5,13H2,1-2H3/b4-3+. The second-order valence-electron chi connectivity index (χ2n) is 3.12. The fourth-order valence-electron chi connectivity index (χ4n) is 1.30. The molecule has 0 heterocycles. The number of benzene rings is 1. The van der Waals surface area contributed by atoms with Crippen molar-refractivity contribution in [2.75, 3.05) is 6.54 Å². The minimum atomic E-state index is 0.545. The van der Waals surface area contributed by atoms with Crippen LogP contribution in [0.5, 0.6) is 0 Å². The number of rotatable bonds is 2. The van der Waals surface area contributed by atoms with Gasteiger partial charge in [-0.25, -0.2) is 0 Å². The van der Waals surface area contributed by atoms with Gasteiger partial charge in [0.1, 0.15) is 0 Å². The van der Waals surface area contributed by atoms with Crippen molar-refractivity contribution in [1.29, 1.82) is 0 Å². The molecule has 70 valence electrons. The normalized spacial score (nSPS) is 11.1. The molecule has 0 saturated carbocycles. The SMILES string of the molecule is Cc1cc(C)c(Cl)c(/C=C/CN)c1. The molecule has 0 aliphatic carbocycles. The van der Waals surface area contributed by atoms with Gasteiger partial charge in [0.25, 0.3) is 0 Å². The predicted molar refractivity (Wildman–Crippen MR) is 59.0 cm³/mol. The lowest BCUT2D eigenvalue weighted by Crippen LogP contribution is -1.92. The topological polar surface area (TPSA) is 26.0 Å². The molecule has 0 aromatic heterocycles. The molecule has 1 rings (SSSR count). The van der Waals surface area contributed by atoms with Crippen LogP contribution in [-0.4, -0.2) is 6.54 Å². The van der Waals surface area contributed by atoms with Gasteiger partial charge < -0.3 is 5.73 Å². The summed E-state index contributed by atoms with van der Waals surface area (Å²) in [6.07, 6.45) is 3.86. The largest absolute Gasteiger partial charge is 0.327 e. The Morgan fingerprint density at radius 3 is 2.69 bits per heavy atom. The van der Waals surface area contributed by atoms with Gasteiger partial charge in [-0.05, 0) is 25.0 Å². The molecule has 13 heavy (non-hydrogen) atoms. The molecule has 0 fully saturated rings. The molecule has 0 aliphatic rings. The van der Waals surface area contributed by atoms with E-state index in [9.17, 15) is 0 Å². The Morgan fingerprint density at radius 1 is 1.38 bits per heavy atom. The maximum Gasteiger partial charge on any atom is 0.0507 e. The lowest BCUT2D eigenvalue weighted by Gasteiger charge is -2.04. The van der Waals surface area contributed by atoms with E-state index in [1.54, 1.807) is 0 Å². The monoisotopic (exact) mass is 195 g/mol. The lowest BCUT2D eigenvalue weighted by molar-refractivity contribution is 1.26. The molecule has 2 heteroatoms. The first-order chi connectivity index (χ1) is 6.15. The highest BCUT2D eigenvalue weighted by atomic mass is 35.5. The quantitative estimate of drug-likeness (QED) is 0.772. The van der Waals surface area contributed by atoms with Crippen molar-refractivity contribution >= 4 is 17.7 Å². The zero-order valence-electron chi connectivity index (χ0n) is 7.97. The molecule has 0 atom stereocenters. The van der Waals surface area contributed by atoms with Crippen molar-refractivity contribution < 1.29 is 0 Å². The number of halogens is 1. The first-order valence-corrected chi connectivity index (χ1v) is 4.66. The Kier molecular flexibility index (Phi) is 3.52. The van der Waals surface area contributed by atoms with Crippen LogP contribution in [0.4, 0.5) is 0 Å². The third-order valence-corrected chi connectivity index (χ3v) is 2.38. The first-order valence-electron chi connectivity index (χ1n) is 4.28. The minimum Gasteiger partial charge on any atom is -0.327 e. The van der Waals surface area contributed by atoms with E-state index in [0.717, 1.165) is 16.1 Å². The molecule has 0 unspecified atom stereocenters. The summed E-state index contributed by atoms with van der Waals surface area (Å²) >= 11 is 6.11. The molecule has 1 aromatic rings. The highest BCUT2D eigenvalue weighted by Gasteiger charge is 2.00. The van der Waals surface area contributed by atoms with E-state index < -0.39 is 0 Å². The number of nitrogens with two attached hydrogens (primary N) is 1. The zero-order valence-corrected chi connectivity index (χ0v) is 8.73. The third-order valence-electron chi connectivity index (χ3n) is 1.86. The van der Waals surface area contributed by atoms with E-state index in [-0.39, 0.29) is 0 Å². The molecule has 1 aromatic carbocycles. The summed E-state index contributed by atoms with van der Waals surface area (Å²) in [5, 5.41) is 0.815. The summed E-state index contributed by atoms with van der Waals surface area (Å²) in [4.78, 5) is 0. The van der Waals surface area contributed by atoms with E-state index in [1.807, 2.05) is 19.1 Å². The van der Waals surface area contributed by atoms with Gasteiger partial charge >= 0.3 is 0 Å². The zero-order chi connectivity index (χ0) is 9.84. The Balaban J connectivity index is 3.12. The summed E-state index contributed by atoms with van der Waals surface area (Å²) in [6.45, 7) is 4.61. The average molecular weight is 196 g/mol. The Morgan fingerprint density at radius 2 is 2.08 bits per heavy atom. The van der Waals surface area contributed by atoms with Gasteiger partial charge in [-0.1, -0.05) is 41.4 Å². The van der Waals surface area contributed by atoms with Crippen molar-refractivity contribution in [1.82, 2.24) is 0 Å². The van der Waals surface area contributed by atoms with Gasteiger partial charge in [-0.2, -0.15) is 0 Å². The molecular weight excluding hydrogens is 182 g/mol. The van der Waals surface area contributed by atoms with Crippen LogP contribution >= 0.6 is 11.6 Å². The molecule has 1 nitrogen and oxygen atoms in total. The molecule has 0 aliphatic heterocycles. The Hall–Kier alpha value is -0.790. The van der Waals surface area contributed by atoms with Gasteiger partial charge in [0.2, 0.25) is 0 Å². The van der Waals surface area contributed by atoms with Crippen LogP contribution in [0.2, 0.25) is 5.02 Å². The smallest absolute Gasteiger partial charge is 0.0507 e. The van der Waals surface area contributed by atoms with Crippen LogP contribution in [0, 0.1) is 13.8 Å². The molecule has 2 N–H and O–H groups in total. The second kappa shape index (κ2) is 4.45. The average Bonchev–Trinajstić information content (AvgIpc) is 2.09. The highest BCUT2D eigenvalue weighted by Crippen LogP contribution is 2.23. The van der Waals surface area contributed by atoms with Gasteiger partial charge in [0.15, 0.2) is 0 Å². The predicted octanol–water partition coefficient (Wildman–Crippen LogP) is 2.93. The summed E-state index contributed by atoms with van der Waals surface area (Å²) in [6, 6.07) is 4.13. The van der Waals surface area contributed by atoms with Crippen LogP contribution in [-0.2, 0) is 0 Å². The Bertz CT molecular complexity index is 329. The van der Waals surface area contributed by atoms with Gasteiger partial charge in [0, 0.05) is 6.54 Å². The summed E-state index contributed by atoms with van der Waals surface area (Å²) in [5.41, 5.74) is 8.75. The minimum absolute atomic E-state index is 0.545. The summed E-state index contributed by atoms with van der Waals surface area (Å²) < 4.78 is 0. The molecule has 0 amide bonds. The summed E-state index contributed by atoms with van der Waals surface area (Å²) in [5.74, 6) is 0. The molecule has 0 spiro atoms. The van der Waals surface area contributed by atoms with E-state index >= 15 is 0 Å². The highest BCUT2D eigenvalue weighted by molar-refractivity contribution is 6.32. The second-order valence-corrected chi connectivity index (χ2v) is 3.50. The molecule has 0 radical (unpaired) electrons. The maximum atomic E-state index is 6.11. The van der Waals surface area contributed by atoms with Crippen molar-refractivity contribution in [3.63, 3.8) is 0 Å². The van der Waals surface area contributed by atoms with E-state index in [1.165, 1.54) is 5.56 Å². The molecule has 0 saturated heterocycles. The maximum absolute atomic E-state index is 6.11. The van der Waals surface area contributed by atoms with Gasteiger partial charge in [0.05, 0.1) is 5.02 Å². The Labute approximate surface area is 84.2 Å². The van der Waals surface area contributed by atoms with Crippen LogP contribution in [0.3, 0.4) is 0 Å². The third kappa shape index (κ3) is 2.58. The van der Waals surface area contributed by atoms with Crippen molar-refractivity contribution in [2.24, 2.45) is 5.73 Å². The van der Waals surface area contributed by atoms with Crippen molar-refractivity contribution in [2.45, 2.75) is 13.8 Å². The fourth-order valence-corrected chi connectivity index (χ4v) is 1.47. The summed E-state index contributed by atoms with van der Waals surface area (Å²) in [7, 11) is 0. The van der Waals surface area contributed by atoms with Crippen LogP contribution in [0.15, 0.2) is 18.2 Å². The van der Waals surface area contributed by atoms with E-state index in [0.29, 0.717) is 6.54 Å². The van der Waals surface area contributed by atoms with Crippen LogP contribution < -0.4 is 5.73 Å². The lowest BCUT2D eigenvalue weighted by atomic mass is 10.1. The van der Waals surface area contributed by atoms with E-state index in [4.69, 9.17) is 17.3 Å². The number of hydrogen-bond acceptors (Lipinski definition) is 1. The van der Waals surface area contributed by atoms with Crippen molar-refractivity contribution in [3.05, 3.63) is 39.9 Å². The van der Waals surface area contributed by atoms with Crippen LogP contribution in [0.1, 0.15) is 16.7 Å². The molecule has 0 bridgehead atoms. The van der Waals surface area contributed by atoms with Gasteiger partial charge in [-0.15, -0.1) is 0 Å². The number of aryl methyl sites for hydroxylation is 2. The number of hydrogen-bond donors (Lipinski definition) is 1. The van der Waals surface area contributed by atoms with E-state index in [2.05, 4.69) is 19.1 Å². The molecular formula is C11H14ClN.